The third-order valence-corrected chi connectivity index (χ3v) is 6.41. The molecule has 1 aliphatic carbocycles. The van der Waals surface area contributed by atoms with Gasteiger partial charge in [0.1, 0.15) is 0 Å². The summed E-state index contributed by atoms with van der Waals surface area (Å²) < 4.78 is 0.260. The van der Waals surface area contributed by atoms with E-state index in [1.54, 1.807) is 0 Å². The van der Waals surface area contributed by atoms with Crippen molar-refractivity contribution in [2.75, 3.05) is 19.3 Å². The minimum absolute atomic E-state index is 0.152. The van der Waals surface area contributed by atoms with Gasteiger partial charge < -0.3 is 11.1 Å². The van der Waals surface area contributed by atoms with E-state index < -0.39 is 0 Å². The largest absolute Gasteiger partial charge is 0.354 e. The molecule has 0 aromatic carbocycles. The number of hydrogen-bond donors (Lipinski definition) is 2. The molecule has 0 unspecified atom stereocenters. The van der Waals surface area contributed by atoms with Crippen molar-refractivity contribution in [3.63, 3.8) is 0 Å². The van der Waals surface area contributed by atoms with Crippen molar-refractivity contribution < 1.29 is 4.79 Å². The van der Waals surface area contributed by atoms with Crippen LogP contribution in [0.3, 0.4) is 0 Å². The van der Waals surface area contributed by atoms with Crippen LogP contribution in [-0.2, 0) is 4.79 Å². The molecule has 4 heteroatoms. The summed E-state index contributed by atoms with van der Waals surface area (Å²) >= 11 is 1.92. The van der Waals surface area contributed by atoms with Gasteiger partial charge in [0, 0.05) is 17.8 Å². The molecule has 0 aromatic rings. The van der Waals surface area contributed by atoms with Crippen LogP contribution in [-0.4, -0.2) is 30.0 Å². The Morgan fingerprint density at radius 2 is 1.84 bits per heavy atom. The van der Waals surface area contributed by atoms with Crippen molar-refractivity contribution in [3.8, 4) is 0 Å². The molecule has 0 bridgehead atoms. The van der Waals surface area contributed by atoms with Crippen molar-refractivity contribution in [2.45, 2.75) is 63.5 Å². The summed E-state index contributed by atoms with van der Waals surface area (Å²) in [4.78, 5) is 12.5. The average Bonchev–Trinajstić information content (AvgIpc) is 2.48. The van der Waals surface area contributed by atoms with E-state index in [-0.39, 0.29) is 16.1 Å². The second kappa shape index (κ2) is 7.53. The van der Waals surface area contributed by atoms with Gasteiger partial charge in [-0.15, -0.1) is 0 Å². The van der Waals surface area contributed by atoms with Crippen molar-refractivity contribution in [1.82, 2.24) is 5.32 Å². The summed E-state index contributed by atoms with van der Waals surface area (Å²) in [5, 5.41) is 3.20. The standard InChI is InChI=1S/C15H30N2OS/c1-4-14(5-2,11-16)13(18)17-12-15(19-3)9-7-6-8-10-15/h4-12,16H2,1-3H3,(H,17,18). The lowest BCUT2D eigenvalue weighted by atomic mass is 9.81. The average molecular weight is 286 g/mol. The SMILES string of the molecule is CCC(CC)(CN)C(=O)NCC1(SC)CCCCC1. The van der Waals surface area contributed by atoms with Crippen LogP contribution >= 0.6 is 11.8 Å². The van der Waals surface area contributed by atoms with E-state index in [0.717, 1.165) is 19.4 Å². The Morgan fingerprint density at radius 3 is 2.26 bits per heavy atom. The number of amides is 1. The van der Waals surface area contributed by atoms with Gasteiger partial charge >= 0.3 is 0 Å². The summed E-state index contributed by atoms with van der Waals surface area (Å²) in [6.07, 6.45) is 10.2. The van der Waals surface area contributed by atoms with Crippen molar-refractivity contribution in [2.24, 2.45) is 11.1 Å². The van der Waals surface area contributed by atoms with Crippen LogP contribution in [0.2, 0.25) is 0 Å². The second-order valence-corrected chi connectivity index (χ2v) is 7.10. The highest BCUT2D eigenvalue weighted by atomic mass is 32.2. The fourth-order valence-corrected chi connectivity index (χ4v) is 3.94. The first-order valence-corrected chi connectivity index (χ1v) is 8.84. The molecule has 0 heterocycles. The highest BCUT2D eigenvalue weighted by molar-refractivity contribution is 8.00. The topological polar surface area (TPSA) is 55.1 Å². The molecule has 1 fully saturated rings. The molecule has 112 valence electrons. The summed E-state index contributed by atoms with van der Waals surface area (Å²) in [7, 11) is 0. The maximum absolute atomic E-state index is 12.5. The van der Waals surface area contributed by atoms with Crippen LogP contribution in [0.15, 0.2) is 0 Å². The highest BCUT2D eigenvalue weighted by Crippen LogP contribution is 2.38. The molecule has 3 nitrogen and oxygen atoms in total. The van der Waals surface area contributed by atoms with Crippen LogP contribution in [0, 0.1) is 5.41 Å². The van der Waals surface area contributed by atoms with Crippen molar-refractivity contribution >= 4 is 17.7 Å². The maximum Gasteiger partial charge on any atom is 0.227 e. The minimum Gasteiger partial charge on any atom is -0.354 e. The normalized spacial score (nSPS) is 19.2. The van der Waals surface area contributed by atoms with E-state index in [1.807, 2.05) is 11.8 Å². The third-order valence-electron chi connectivity index (χ3n) is 4.99. The predicted molar refractivity (Wildman–Crippen MR) is 84.4 cm³/mol. The first-order valence-electron chi connectivity index (χ1n) is 7.61. The summed E-state index contributed by atoms with van der Waals surface area (Å²) in [6, 6.07) is 0. The van der Waals surface area contributed by atoms with Gasteiger partial charge in [0.2, 0.25) is 5.91 Å². The van der Waals surface area contributed by atoms with E-state index in [0.29, 0.717) is 6.54 Å². The van der Waals surface area contributed by atoms with Crippen LogP contribution < -0.4 is 11.1 Å². The molecule has 19 heavy (non-hydrogen) atoms. The van der Waals surface area contributed by atoms with E-state index in [9.17, 15) is 4.79 Å². The predicted octanol–water partition coefficient (Wildman–Crippen LogP) is 2.93. The first kappa shape index (κ1) is 16.8. The lowest BCUT2D eigenvalue weighted by Gasteiger charge is -2.37. The molecule has 1 rings (SSSR count). The number of nitrogens with one attached hydrogen (secondary N) is 1. The summed E-state index contributed by atoms with van der Waals surface area (Å²) in [5.41, 5.74) is 5.47. The van der Waals surface area contributed by atoms with Crippen LogP contribution in [0.25, 0.3) is 0 Å². The van der Waals surface area contributed by atoms with Crippen LogP contribution in [0.5, 0.6) is 0 Å². The maximum atomic E-state index is 12.5. The Kier molecular flexibility index (Phi) is 6.67. The number of hydrogen-bond acceptors (Lipinski definition) is 3. The monoisotopic (exact) mass is 286 g/mol. The van der Waals surface area contributed by atoms with E-state index >= 15 is 0 Å². The molecule has 0 radical (unpaired) electrons. The van der Waals surface area contributed by atoms with Gasteiger partial charge in [-0.3, -0.25) is 4.79 Å². The van der Waals surface area contributed by atoms with Gasteiger partial charge in [-0.2, -0.15) is 11.8 Å². The zero-order valence-electron chi connectivity index (χ0n) is 12.8. The quantitative estimate of drug-likeness (QED) is 0.756. The fourth-order valence-electron chi connectivity index (χ4n) is 3.03. The molecule has 1 amide bonds. The van der Waals surface area contributed by atoms with Crippen LogP contribution in [0.1, 0.15) is 58.8 Å². The van der Waals surface area contributed by atoms with E-state index in [4.69, 9.17) is 5.73 Å². The molecule has 1 saturated carbocycles. The Hall–Kier alpha value is -0.220. The van der Waals surface area contributed by atoms with E-state index in [2.05, 4.69) is 25.4 Å². The minimum atomic E-state index is -0.367. The third kappa shape index (κ3) is 3.88. The molecule has 3 N–H and O–H groups in total. The van der Waals surface area contributed by atoms with Gasteiger partial charge in [-0.05, 0) is 31.9 Å². The Labute approximate surface area is 122 Å². The lowest BCUT2D eigenvalue weighted by molar-refractivity contribution is -0.131. The molecule has 1 aliphatic rings. The van der Waals surface area contributed by atoms with Gasteiger partial charge in [-0.1, -0.05) is 33.1 Å². The highest BCUT2D eigenvalue weighted by Gasteiger charge is 2.36. The fraction of sp³-hybridized carbons (Fsp3) is 0.933. The van der Waals surface area contributed by atoms with Gasteiger partial charge in [0.15, 0.2) is 0 Å². The zero-order valence-corrected chi connectivity index (χ0v) is 13.6. The van der Waals surface area contributed by atoms with E-state index in [1.165, 1.54) is 32.1 Å². The zero-order chi connectivity index (χ0) is 14.4. The van der Waals surface area contributed by atoms with Crippen molar-refractivity contribution in [1.29, 1.82) is 0 Å². The molecule has 0 aliphatic heterocycles. The van der Waals surface area contributed by atoms with Crippen molar-refractivity contribution in [3.05, 3.63) is 0 Å². The lowest BCUT2D eigenvalue weighted by Crippen LogP contribution is -2.50. The molecule has 0 aromatic heterocycles. The Balaban J connectivity index is 2.61. The number of thioether (sulfide) groups is 1. The first-order chi connectivity index (χ1) is 9.08. The molecule has 0 atom stereocenters. The number of nitrogens with two attached hydrogens (primary N) is 1. The Bertz CT molecular complexity index is 276. The molecule has 0 saturated heterocycles. The molecule has 0 spiro atoms. The Morgan fingerprint density at radius 1 is 1.26 bits per heavy atom. The number of carbonyl (C=O) groups is 1. The van der Waals surface area contributed by atoms with Gasteiger partial charge in [0.05, 0.1) is 5.41 Å². The number of rotatable bonds is 7. The second-order valence-electron chi connectivity index (χ2n) is 5.82. The van der Waals surface area contributed by atoms with Gasteiger partial charge in [-0.25, -0.2) is 0 Å². The smallest absolute Gasteiger partial charge is 0.227 e. The molecular weight excluding hydrogens is 256 g/mol. The number of carbonyl (C=O) groups excluding carboxylic acids is 1. The summed E-state index contributed by atoms with van der Waals surface area (Å²) in [6.45, 7) is 5.36. The molecular formula is C15H30N2OS. The van der Waals surface area contributed by atoms with Gasteiger partial charge in [0.25, 0.3) is 0 Å². The van der Waals surface area contributed by atoms with Crippen LogP contribution in [0.4, 0.5) is 0 Å². The summed E-state index contributed by atoms with van der Waals surface area (Å²) in [5.74, 6) is 0.152.